The Labute approximate surface area is 116 Å². The number of nitrogens with one attached hydrogen (secondary N) is 1. The standard InChI is InChI=1S/C15H25N3O/c1-12(11-16)5-4-10-17-15(19)13-6-8-14(9-7-13)18(2)3/h6-9,12H,4-5,10-11,16H2,1-3H3,(H,17,19). The van der Waals surface area contributed by atoms with E-state index in [1.807, 2.05) is 43.3 Å². The molecule has 4 heteroatoms. The molecule has 0 saturated heterocycles. The third-order valence-corrected chi connectivity index (χ3v) is 3.21. The smallest absolute Gasteiger partial charge is 0.251 e. The van der Waals surface area contributed by atoms with Crippen LogP contribution in [0, 0.1) is 5.92 Å². The van der Waals surface area contributed by atoms with Crippen molar-refractivity contribution in [1.29, 1.82) is 0 Å². The Balaban J connectivity index is 2.37. The van der Waals surface area contributed by atoms with Crippen molar-refractivity contribution in [3.63, 3.8) is 0 Å². The normalized spacial score (nSPS) is 12.0. The maximum Gasteiger partial charge on any atom is 0.251 e. The van der Waals surface area contributed by atoms with Crippen molar-refractivity contribution in [1.82, 2.24) is 5.32 Å². The van der Waals surface area contributed by atoms with Crippen LogP contribution >= 0.6 is 0 Å². The van der Waals surface area contributed by atoms with Crippen LogP contribution in [0.25, 0.3) is 0 Å². The van der Waals surface area contributed by atoms with Crippen LogP contribution in [-0.2, 0) is 0 Å². The molecule has 0 heterocycles. The Morgan fingerprint density at radius 1 is 1.32 bits per heavy atom. The number of anilines is 1. The molecule has 1 amide bonds. The van der Waals surface area contributed by atoms with Crippen molar-refractivity contribution in [3.8, 4) is 0 Å². The summed E-state index contributed by atoms with van der Waals surface area (Å²) in [5.41, 5.74) is 7.35. The molecule has 1 aromatic rings. The van der Waals surface area contributed by atoms with Gasteiger partial charge in [0.2, 0.25) is 0 Å². The SMILES string of the molecule is CC(CN)CCCNC(=O)c1ccc(N(C)C)cc1. The molecule has 0 saturated carbocycles. The van der Waals surface area contributed by atoms with Crippen molar-refractivity contribution in [2.45, 2.75) is 19.8 Å². The third kappa shape index (κ3) is 5.30. The number of nitrogens with zero attached hydrogens (tertiary/aromatic N) is 1. The van der Waals surface area contributed by atoms with Crippen LogP contribution in [0.2, 0.25) is 0 Å². The van der Waals surface area contributed by atoms with Gasteiger partial charge in [-0.3, -0.25) is 4.79 Å². The molecule has 1 unspecified atom stereocenters. The van der Waals surface area contributed by atoms with E-state index in [0.717, 1.165) is 18.5 Å². The molecule has 1 rings (SSSR count). The lowest BCUT2D eigenvalue weighted by atomic mass is 10.1. The highest BCUT2D eigenvalue weighted by Crippen LogP contribution is 2.12. The summed E-state index contributed by atoms with van der Waals surface area (Å²) in [6, 6.07) is 7.61. The van der Waals surface area contributed by atoms with Crippen LogP contribution in [0.5, 0.6) is 0 Å². The van der Waals surface area contributed by atoms with Gasteiger partial charge in [0.15, 0.2) is 0 Å². The zero-order valence-electron chi connectivity index (χ0n) is 12.1. The van der Waals surface area contributed by atoms with Gasteiger partial charge in [-0.2, -0.15) is 0 Å². The van der Waals surface area contributed by atoms with Crippen LogP contribution < -0.4 is 16.0 Å². The summed E-state index contributed by atoms with van der Waals surface area (Å²) in [5, 5.41) is 2.93. The summed E-state index contributed by atoms with van der Waals surface area (Å²) >= 11 is 0. The fourth-order valence-corrected chi connectivity index (χ4v) is 1.78. The second kappa shape index (κ2) is 7.79. The van der Waals surface area contributed by atoms with Gasteiger partial charge in [-0.25, -0.2) is 0 Å². The Hall–Kier alpha value is -1.55. The first kappa shape index (κ1) is 15.5. The molecule has 0 spiro atoms. The van der Waals surface area contributed by atoms with Gasteiger partial charge in [-0.05, 0) is 49.6 Å². The van der Waals surface area contributed by atoms with E-state index >= 15 is 0 Å². The van der Waals surface area contributed by atoms with E-state index in [9.17, 15) is 4.79 Å². The van der Waals surface area contributed by atoms with E-state index in [2.05, 4.69) is 12.2 Å². The van der Waals surface area contributed by atoms with Crippen molar-refractivity contribution in [2.24, 2.45) is 11.7 Å². The number of benzene rings is 1. The molecule has 1 aromatic carbocycles. The van der Waals surface area contributed by atoms with Gasteiger partial charge in [0.05, 0.1) is 0 Å². The molecule has 106 valence electrons. The van der Waals surface area contributed by atoms with Gasteiger partial charge < -0.3 is 16.0 Å². The average Bonchev–Trinajstić information content (AvgIpc) is 2.43. The number of carbonyl (C=O) groups is 1. The third-order valence-electron chi connectivity index (χ3n) is 3.21. The minimum absolute atomic E-state index is 0.00860. The van der Waals surface area contributed by atoms with Gasteiger partial charge in [0.25, 0.3) is 5.91 Å². The first-order chi connectivity index (χ1) is 9.04. The van der Waals surface area contributed by atoms with Gasteiger partial charge in [0, 0.05) is 31.9 Å². The molecule has 0 radical (unpaired) electrons. The summed E-state index contributed by atoms with van der Waals surface area (Å²) in [5.74, 6) is 0.516. The fourth-order valence-electron chi connectivity index (χ4n) is 1.78. The lowest BCUT2D eigenvalue weighted by Gasteiger charge is -2.13. The lowest BCUT2D eigenvalue weighted by Crippen LogP contribution is -2.25. The summed E-state index contributed by atoms with van der Waals surface area (Å²) < 4.78 is 0. The van der Waals surface area contributed by atoms with Crippen molar-refractivity contribution >= 4 is 11.6 Å². The Morgan fingerprint density at radius 2 is 1.95 bits per heavy atom. The number of carbonyl (C=O) groups excluding carboxylic acids is 1. The zero-order valence-corrected chi connectivity index (χ0v) is 12.1. The van der Waals surface area contributed by atoms with Crippen molar-refractivity contribution < 1.29 is 4.79 Å². The van der Waals surface area contributed by atoms with Crippen LogP contribution in [0.3, 0.4) is 0 Å². The van der Waals surface area contributed by atoms with Crippen LogP contribution in [-0.4, -0.2) is 33.1 Å². The fraction of sp³-hybridized carbons (Fsp3) is 0.533. The molecule has 4 nitrogen and oxygen atoms in total. The maximum atomic E-state index is 11.9. The van der Waals surface area contributed by atoms with Crippen molar-refractivity contribution in [2.75, 3.05) is 32.1 Å². The molecule has 0 aliphatic rings. The van der Waals surface area contributed by atoms with E-state index in [1.165, 1.54) is 0 Å². The first-order valence-corrected chi connectivity index (χ1v) is 6.80. The van der Waals surface area contributed by atoms with Crippen LogP contribution in [0.4, 0.5) is 5.69 Å². The largest absolute Gasteiger partial charge is 0.378 e. The van der Waals surface area contributed by atoms with Gasteiger partial charge in [0.1, 0.15) is 0 Å². The van der Waals surface area contributed by atoms with Gasteiger partial charge in [-0.1, -0.05) is 6.92 Å². The molecule has 0 aliphatic carbocycles. The maximum absolute atomic E-state index is 11.9. The molecule has 3 N–H and O–H groups in total. The minimum Gasteiger partial charge on any atom is -0.378 e. The highest BCUT2D eigenvalue weighted by atomic mass is 16.1. The summed E-state index contributed by atoms with van der Waals surface area (Å²) in [6.07, 6.45) is 2.02. The first-order valence-electron chi connectivity index (χ1n) is 6.80. The second-order valence-corrected chi connectivity index (χ2v) is 5.18. The minimum atomic E-state index is -0.00860. The monoisotopic (exact) mass is 263 g/mol. The number of amides is 1. The molecule has 1 atom stereocenters. The average molecular weight is 263 g/mol. The Morgan fingerprint density at radius 3 is 2.47 bits per heavy atom. The molecular weight excluding hydrogens is 238 g/mol. The van der Waals surface area contributed by atoms with E-state index < -0.39 is 0 Å². The summed E-state index contributed by atoms with van der Waals surface area (Å²) in [6.45, 7) is 3.54. The molecule has 19 heavy (non-hydrogen) atoms. The lowest BCUT2D eigenvalue weighted by molar-refractivity contribution is 0.0952. The van der Waals surface area contributed by atoms with Gasteiger partial charge >= 0.3 is 0 Å². The molecule has 0 bridgehead atoms. The van der Waals surface area contributed by atoms with E-state index in [-0.39, 0.29) is 5.91 Å². The molecular formula is C15H25N3O. The highest BCUT2D eigenvalue weighted by Gasteiger charge is 2.05. The Bertz CT molecular complexity index is 387. The number of hydrogen-bond acceptors (Lipinski definition) is 3. The van der Waals surface area contributed by atoms with E-state index in [4.69, 9.17) is 5.73 Å². The summed E-state index contributed by atoms with van der Waals surface area (Å²) in [4.78, 5) is 13.9. The highest BCUT2D eigenvalue weighted by molar-refractivity contribution is 5.94. The second-order valence-electron chi connectivity index (χ2n) is 5.18. The Kier molecular flexibility index (Phi) is 6.36. The predicted octanol–water partition coefficient (Wildman–Crippen LogP) is 1.86. The van der Waals surface area contributed by atoms with Gasteiger partial charge in [-0.15, -0.1) is 0 Å². The zero-order chi connectivity index (χ0) is 14.3. The molecule has 0 aliphatic heterocycles. The topological polar surface area (TPSA) is 58.4 Å². The van der Waals surface area contributed by atoms with E-state index in [1.54, 1.807) is 0 Å². The summed E-state index contributed by atoms with van der Waals surface area (Å²) in [7, 11) is 3.96. The van der Waals surface area contributed by atoms with Crippen molar-refractivity contribution in [3.05, 3.63) is 29.8 Å². The molecule has 0 aromatic heterocycles. The van der Waals surface area contributed by atoms with E-state index in [0.29, 0.717) is 24.6 Å². The van der Waals surface area contributed by atoms with Crippen LogP contribution in [0.1, 0.15) is 30.1 Å². The van der Waals surface area contributed by atoms with Crippen LogP contribution in [0.15, 0.2) is 24.3 Å². The number of nitrogens with two attached hydrogens (primary N) is 1. The number of hydrogen-bond donors (Lipinski definition) is 2. The quantitative estimate of drug-likeness (QED) is 0.738. The number of rotatable bonds is 7. The predicted molar refractivity (Wildman–Crippen MR) is 80.6 cm³/mol. The molecule has 0 fully saturated rings.